The molecule has 0 amide bonds. The van der Waals surface area contributed by atoms with Gasteiger partial charge in [0.15, 0.2) is 0 Å². The van der Waals surface area contributed by atoms with Crippen molar-refractivity contribution in [1.29, 1.82) is 0 Å². The standard InChI is InChI=1S/C6H15N3/c7-5-2-1-3-6(8,9)4-5/h5H,1-4,7-9H2. The van der Waals surface area contributed by atoms with Crippen molar-refractivity contribution in [3.8, 4) is 0 Å². The summed E-state index contributed by atoms with van der Waals surface area (Å²) in [6.07, 6.45) is 3.85. The van der Waals surface area contributed by atoms with Crippen LogP contribution in [0.3, 0.4) is 0 Å². The van der Waals surface area contributed by atoms with Crippen molar-refractivity contribution in [2.24, 2.45) is 17.2 Å². The predicted molar refractivity (Wildman–Crippen MR) is 37.5 cm³/mol. The first kappa shape index (κ1) is 6.99. The Balaban J connectivity index is 2.41. The van der Waals surface area contributed by atoms with Crippen LogP contribution in [0.4, 0.5) is 0 Å². The molecule has 0 aliphatic heterocycles. The van der Waals surface area contributed by atoms with Crippen molar-refractivity contribution in [2.45, 2.75) is 37.4 Å². The average molecular weight is 129 g/mol. The monoisotopic (exact) mass is 129 g/mol. The fourth-order valence-electron chi connectivity index (χ4n) is 1.39. The Kier molecular flexibility index (Phi) is 1.75. The van der Waals surface area contributed by atoms with Crippen molar-refractivity contribution in [2.75, 3.05) is 0 Å². The third kappa shape index (κ3) is 1.93. The lowest BCUT2D eigenvalue weighted by Gasteiger charge is -2.32. The van der Waals surface area contributed by atoms with Gasteiger partial charge in [-0.3, -0.25) is 0 Å². The van der Waals surface area contributed by atoms with Crippen LogP contribution in [0.1, 0.15) is 25.7 Å². The second kappa shape index (κ2) is 2.25. The minimum absolute atomic E-state index is 0.230. The van der Waals surface area contributed by atoms with Gasteiger partial charge in [0.25, 0.3) is 0 Å². The van der Waals surface area contributed by atoms with Gasteiger partial charge in [0.1, 0.15) is 0 Å². The molecular formula is C6H15N3. The van der Waals surface area contributed by atoms with Crippen LogP contribution in [0, 0.1) is 0 Å². The molecule has 0 aromatic heterocycles. The molecule has 1 atom stereocenters. The SMILES string of the molecule is NC1CCCC(N)(N)C1. The quantitative estimate of drug-likeness (QED) is 0.386. The predicted octanol–water partition coefficient (Wildman–Crippen LogP) is -0.499. The minimum atomic E-state index is -0.475. The molecule has 54 valence electrons. The molecule has 1 unspecified atom stereocenters. The normalized spacial score (nSPS) is 34.3. The highest BCUT2D eigenvalue weighted by Crippen LogP contribution is 2.20. The largest absolute Gasteiger partial charge is 0.328 e. The number of nitrogens with two attached hydrogens (primary N) is 3. The topological polar surface area (TPSA) is 78.1 Å². The summed E-state index contributed by atoms with van der Waals surface area (Å²) in [6.45, 7) is 0. The zero-order chi connectivity index (χ0) is 6.91. The van der Waals surface area contributed by atoms with Gasteiger partial charge in [0.05, 0.1) is 5.66 Å². The Morgan fingerprint density at radius 2 is 2.00 bits per heavy atom. The Hall–Kier alpha value is -0.120. The molecule has 6 N–H and O–H groups in total. The van der Waals surface area contributed by atoms with E-state index in [1.165, 1.54) is 0 Å². The van der Waals surface area contributed by atoms with Crippen LogP contribution >= 0.6 is 0 Å². The molecule has 0 radical (unpaired) electrons. The smallest absolute Gasteiger partial charge is 0.0651 e. The van der Waals surface area contributed by atoms with E-state index in [-0.39, 0.29) is 6.04 Å². The summed E-state index contributed by atoms with van der Waals surface area (Å²) in [5.74, 6) is 0. The molecule has 1 aliphatic carbocycles. The fraction of sp³-hybridized carbons (Fsp3) is 1.00. The summed E-state index contributed by atoms with van der Waals surface area (Å²) in [6, 6.07) is 0.230. The van der Waals surface area contributed by atoms with Crippen LogP contribution in [0.2, 0.25) is 0 Å². The van der Waals surface area contributed by atoms with Crippen LogP contribution < -0.4 is 17.2 Å². The third-order valence-corrected chi connectivity index (χ3v) is 1.86. The molecule has 1 saturated carbocycles. The van der Waals surface area contributed by atoms with Crippen LogP contribution in [-0.2, 0) is 0 Å². The van der Waals surface area contributed by atoms with E-state index < -0.39 is 5.66 Å². The Labute approximate surface area is 55.6 Å². The molecule has 0 aromatic carbocycles. The first-order chi connectivity index (χ1) is 4.10. The zero-order valence-electron chi connectivity index (χ0n) is 5.64. The maximum atomic E-state index is 5.67. The van der Waals surface area contributed by atoms with Crippen molar-refractivity contribution >= 4 is 0 Å². The number of rotatable bonds is 0. The minimum Gasteiger partial charge on any atom is -0.328 e. The molecule has 0 bridgehead atoms. The van der Waals surface area contributed by atoms with E-state index >= 15 is 0 Å². The van der Waals surface area contributed by atoms with Gasteiger partial charge >= 0.3 is 0 Å². The summed E-state index contributed by atoms with van der Waals surface area (Å²) in [5, 5.41) is 0. The molecule has 9 heavy (non-hydrogen) atoms. The molecule has 0 aromatic rings. The lowest BCUT2D eigenvalue weighted by molar-refractivity contribution is 0.277. The van der Waals surface area contributed by atoms with E-state index in [0.717, 1.165) is 25.7 Å². The highest BCUT2D eigenvalue weighted by molar-refractivity contribution is 4.86. The summed E-state index contributed by atoms with van der Waals surface area (Å²) < 4.78 is 0. The summed E-state index contributed by atoms with van der Waals surface area (Å²) in [5.41, 5.74) is 16.5. The highest BCUT2D eigenvalue weighted by Gasteiger charge is 2.26. The van der Waals surface area contributed by atoms with E-state index in [9.17, 15) is 0 Å². The average Bonchev–Trinajstić information content (AvgIpc) is 1.60. The molecule has 3 heteroatoms. The Morgan fingerprint density at radius 3 is 2.33 bits per heavy atom. The van der Waals surface area contributed by atoms with E-state index in [0.29, 0.717) is 0 Å². The van der Waals surface area contributed by atoms with Gasteiger partial charge in [-0.1, -0.05) is 0 Å². The van der Waals surface area contributed by atoms with E-state index in [1.54, 1.807) is 0 Å². The second-order valence-corrected chi connectivity index (χ2v) is 3.09. The Morgan fingerprint density at radius 1 is 1.33 bits per heavy atom. The van der Waals surface area contributed by atoms with Gasteiger partial charge in [0.2, 0.25) is 0 Å². The van der Waals surface area contributed by atoms with Gasteiger partial charge in [-0.05, 0) is 25.7 Å². The van der Waals surface area contributed by atoms with Crippen molar-refractivity contribution < 1.29 is 0 Å². The molecular weight excluding hydrogens is 114 g/mol. The maximum absolute atomic E-state index is 5.67. The van der Waals surface area contributed by atoms with Crippen LogP contribution in [0.5, 0.6) is 0 Å². The molecule has 1 rings (SSSR count). The number of hydrogen-bond acceptors (Lipinski definition) is 3. The van der Waals surface area contributed by atoms with Crippen molar-refractivity contribution in [3.63, 3.8) is 0 Å². The summed E-state index contributed by atoms with van der Waals surface area (Å²) in [7, 11) is 0. The molecule has 0 spiro atoms. The van der Waals surface area contributed by atoms with Gasteiger partial charge in [-0.2, -0.15) is 0 Å². The fourth-order valence-corrected chi connectivity index (χ4v) is 1.39. The first-order valence-electron chi connectivity index (χ1n) is 3.43. The molecule has 0 saturated heterocycles. The van der Waals surface area contributed by atoms with Crippen LogP contribution in [0.25, 0.3) is 0 Å². The van der Waals surface area contributed by atoms with E-state index in [4.69, 9.17) is 17.2 Å². The van der Waals surface area contributed by atoms with Gasteiger partial charge in [-0.15, -0.1) is 0 Å². The summed E-state index contributed by atoms with van der Waals surface area (Å²) in [4.78, 5) is 0. The van der Waals surface area contributed by atoms with Crippen molar-refractivity contribution in [1.82, 2.24) is 0 Å². The van der Waals surface area contributed by atoms with Gasteiger partial charge in [-0.25, -0.2) is 0 Å². The van der Waals surface area contributed by atoms with Crippen LogP contribution in [0.15, 0.2) is 0 Å². The second-order valence-electron chi connectivity index (χ2n) is 3.09. The highest BCUT2D eigenvalue weighted by atomic mass is 15.0. The first-order valence-corrected chi connectivity index (χ1v) is 3.43. The van der Waals surface area contributed by atoms with E-state index in [2.05, 4.69) is 0 Å². The number of hydrogen-bond donors (Lipinski definition) is 3. The molecule has 3 nitrogen and oxygen atoms in total. The lowest BCUT2D eigenvalue weighted by Crippen LogP contribution is -2.55. The van der Waals surface area contributed by atoms with E-state index in [1.807, 2.05) is 0 Å². The zero-order valence-corrected chi connectivity index (χ0v) is 5.64. The van der Waals surface area contributed by atoms with Gasteiger partial charge < -0.3 is 17.2 Å². The third-order valence-electron chi connectivity index (χ3n) is 1.86. The maximum Gasteiger partial charge on any atom is 0.0651 e. The Bertz CT molecular complexity index is 100. The van der Waals surface area contributed by atoms with Gasteiger partial charge in [0, 0.05) is 6.04 Å². The molecule has 0 heterocycles. The van der Waals surface area contributed by atoms with Crippen LogP contribution in [-0.4, -0.2) is 11.7 Å². The lowest BCUT2D eigenvalue weighted by atomic mass is 9.87. The molecule has 1 aliphatic rings. The van der Waals surface area contributed by atoms with Crippen molar-refractivity contribution in [3.05, 3.63) is 0 Å². The molecule has 1 fully saturated rings. The summed E-state index contributed by atoms with van der Waals surface area (Å²) >= 11 is 0.